The summed E-state index contributed by atoms with van der Waals surface area (Å²) in [5.74, 6) is 0.0376. The Morgan fingerprint density at radius 2 is 1.89 bits per heavy atom. The third kappa shape index (κ3) is 7.92. The van der Waals surface area contributed by atoms with Crippen molar-refractivity contribution in [1.29, 1.82) is 0 Å². The Labute approximate surface area is 167 Å². The van der Waals surface area contributed by atoms with E-state index in [1.54, 1.807) is 7.11 Å². The molecule has 1 heterocycles. The van der Waals surface area contributed by atoms with E-state index in [0.717, 1.165) is 24.8 Å². The lowest BCUT2D eigenvalue weighted by Crippen LogP contribution is -2.49. The first-order valence-corrected chi connectivity index (χ1v) is 13.1. The molecule has 0 aromatic rings. The van der Waals surface area contributed by atoms with Crippen LogP contribution in [0.15, 0.2) is 23.8 Å². The summed E-state index contributed by atoms with van der Waals surface area (Å²) in [6.45, 7) is 15.8. The number of carbonyl (C=O) groups is 1. The van der Waals surface area contributed by atoms with Crippen molar-refractivity contribution in [1.82, 2.24) is 0 Å². The smallest absolute Gasteiger partial charge is 0.306 e. The average Bonchev–Trinajstić information content (AvgIpc) is 2.56. The van der Waals surface area contributed by atoms with E-state index in [1.165, 1.54) is 0 Å². The van der Waals surface area contributed by atoms with Gasteiger partial charge in [-0.15, -0.1) is 0 Å². The van der Waals surface area contributed by atoms with Crippen LogP contribution in [0.5, 0.6) is 0 Å². The highest BCUT2D eigenvalue weighted by Gasteiger charge is 2.41. The molecule has 1 aliphatic rings. The van der Waals surface area contributed by atoms with Gasteiger partial charge < -0.3 is 13.9 Å². The molecular weight excluding hydrogens is 356 g/mol. The Morgan fingerprint density at radius 1 is 1.22 bits per heavy atom. The largest absolute Gasteiger partial charge is 0.461 e. The highest BCUT2D eigenvalue weighted by atomic mass is 28.4. The van der Waals surface area contributed by atoms with Crippen LogP contribution in [0.25, 0.3) is 0 Å². The number of methoxy groups -OCH3 is 1. The first kappa shape index (κ1) is 24.1. The minimum absolute atomic E-state index is 0.0688. The fourth-order valence-electron chi connectivity index (χ4n) is 2.93. The van der Waals surface area contributed by atoms with Crippen LogP contribution in [0.2, 0.25) is 18.1 Å². The van der Waals surface area contributed by atoms with Gasteiger partial charge >= 0.3 is 5.97 Å². The molecule has 156 valence electrons. The average molecular weight is 397 g/mol. The van der Waals surface area contributed by atoms with Crippen LogP contribution in [0.1, 0.15) is 60.3 Å². The van der Waals surface area contributed by atoms with Crippen LogP contribution < -0.4 is 0 Å². The van der Waals surface area contributed by atoms with Gasteiger partial charge in [-0.2, -0.15) is 0 Å². The van der Waals surface area contributed by atoms with Gasteiger partial charge in [-0.05, 0) is 49.9 Å². The lowest BCUT2D eigenvalue weighted by atomic mass is 9.96. The Hall–Kier alpha value is -0.913. The summed E-state index contributed by atoms with van der Waals surface area (Å²) in [5, 5.41) is 0.127. The van der Waals surface area contributed by atoms with Gasteiger partial charge in [0.15, 0.2) is 8.32 Å². The SMILES string of the molecule is CO[C@@H]1/C=C/CCCCC(=O)OC/C(C)=C\[C@@H](C)[C@@H]1O[Si](C)(C)C(C)(C)C. The number of hydrogen-bond acceptors (Lipinski definition) is 4. The molecule has 0 aliphatic carbocycles. The Balaban J connectivity index is 3.15. The maximum atomic E-state index is 11.8. The Kier molecular flexibility index (Phi) is 9.46. The van der Waals surface area contributed by atoms with Crippen LogP contribution in [0, 0.1) is 5.92 Å². The first-order valence-electron chi connectivity index (χ1n) is 10.2. The predicted octanol–water partition coefficient (Wildman–Crippen LogP) is 5.65. The van der Waals surface area contributed by atoms with Crippen molar-refractivity contribution in [2.24, 2.45) is 5.92 Å². The molecule has 0 saturated carbocycles. The van der Waals surface area contributed by atoms with Crippen molar-refractivity contribution >= 4 is 14.3 Å². The van der Waals surface area contributed by atoms with Crippen molar-refractivity contribution < 1.29 is 18.7 Å². The second-order valence-electron chi connectivity index (χ2n) is 9.25. The summed E-state index contributed by atoms with van der Waals surface area (Å²) in [7, 11) is -0.207. The molecule has 1 rings (SSSR count). The molecule has 0 aromatic heterocycles. The summed E-state index contributed by atoms with van der Waals surface area (Å²) in [6.07, 6.45) is 9.55. The van der Waals surface area contributed by atoms with E-state index in [2.05, 4.69) is 59.0 Å². The maximum Gasteiger partial charge on any atom is 0.306 e. The number of esters is 1. The van der Waals surface area contributed by atoms with E-state index in [1.807, 2.05) is 6.92 Å². The van der Waals surface area contributed by atoms with Crippen LogP contribution in [-0.2, 0) is 18.7 Å². The van der Waals surface area contributed by atoms with E-state index in [9.17, 15) is 4.79 Å². The fraction of sp³-hybridized carbons (Fsp3) is 0.773. The molecule has 1 aliphatic heterocycles. The van der Waals surface area contributed by atoms with E-state index >= 15 is 0 Å². The van der Waals surface area contributed by atoms with Crippen LogP contribution in [0.4, 0.5) is 0 Å². The van der Waals surface area contributed by atoms with E-state index in [4.69, 9.17) is 13.9 Å². The van der Waals surface area contributed by atoms with Crippen LogP contribution in [0.3, 0.4) is 0 Å². The van der Waals surface area contributed by atoms with Crippen molar-refractivity contribution in [3.8, 4) is 0 Å². The molecular formula is C22H40O4Si. The summed E-state index contributed by atoms with van der Waals surface area (Å²) in [4.78, 5) is 11.8. The number of allylic oxidation sites excluding steroid dienone is 1. The second-order valence-corrected chi connectivity index (χ2v) is 14.0. The predicted molar refractivity (Wildman–Crippen MR) is 114 cm³/mol. The summed E-state index contributed by atoms with van der Waals surface area (Å²) < 4.78 is 18.0. The van der Waals surface area contributed by atoms with Crippen LogP contribution in [-0.4, -0.2) is 40.2 Å². The maximum absolute atomic E-state index is 11.8. The van der Waals surface area contributed by atoms with Gasteiger partial charge in [0, 0.05) is 19.4 Å². The van der Waals surface area contributed by atoms with E-state index in [0.29, 0.717) is 13.0 Å². The number of hydrogen-bond donors (Lipinski definition) is 0. The zero-order valence-electron chi connectivity index (χ0n) is 18.6. The summed E-state index contributed by atoms with van der Waals surface area (Å²) >= 11 is 0. The molecule has 0 spiro atoms. The first-order chi connectivity index (χ1) is 12.5. The van der Waals surface area contributed by atoms with E-state index in [-0.39, 0.29) is 29.1 Å². The monoisotopic (exact) mass is 396 g/mol. The van der Waals surface area contributed by atoms with Gasteiger partial charge in [0.1, 0.15) is 12.7 Å². The van der Waals surface area contributed by atoms with Gasteiger partial charge in [0.25, 0.3) is 0 Å². The van der Waals surface area contributed by atoms with Gasteiger partial charge in [0.2, 0.25) is 0 Å². The van der Waals surface area contributed by atoms with Gasteiger partial charge in [0.05, 0.1) is 6.10 Å². The second kappa shape index (κ2) is 10.6. The fourth-order valence-corrected chi connectivity index (χ4v) is 4.32. The minimum Gasteiger partial charge on any atom is -0.461 e. The number of carbonyl (C=O) groups excluding carboxylic acids is 1. The van der Waals surface area contributed by atoms with Crippen molar-refractivity contribution in [2.45, 2.75) is 90.6 Å². The molecule has 3 atom stereocenters. The molecule has 0 N–H and O–H groups in total. The van der Waals surface area contributed by atoms with Crippen molar-refractivity contribution in [2.75, 3.05) is 13.7 Å². The summed E-state index contributed by atoms with van der Waals surface area (Å²) in [5.41, 5.74) is 1.05. The Morgan fingerprint density at radius 3 is 2.48 bits per heavy atom. The quantitative estimate of drug-likeness (QED) is 0.351. The minimum atomic E-state index is -1.96. The molecule has 0 amide bonds. The van der Waals surface area contributed by atoms with Crippen LogP contribution >= 0.6 is 0 Å². The zero-order chi connectivity index (χ0) is 20.7. The normalized spacial score (nSPS) is 30.0. The third-order valence-electron chi connectivity index (χ3n) is 5.69. The molecule has 0 bridgehead atoms. The lowest BCUT2D eigenvalue weighted by Gasteiger charge is -2.42. The van der Waals surface area contributed by atoms with Crippen molar-refractivity contribution in [3.05, 3.63) is 23.8 Å². The highest BCUT2D eigenvalue weighted by molar-refractivity contribution is 6.74. The summed E-state index contributed by atoms with van der Waals surface area (Å²) in [6, 6.07) is 0. The number of ether oxygens (including phenoxy) is 2. The topological polar surface area (TPSA) is 44.8 Å². The molecule has 0 aromatic carbocycles. The molecule has 0 saturated heterocycles. The van der Waals surface area contributed by atoms with Gasteiger partial charge in [-0.3, -0.25) is 4.79 Å². The molecule has 0 unspecified atom stereocenters. The molecule has 5 heteroatoms. The molecule has 0 radical (unpaired) electrons. The highest BCUT2D eigenvalue weighted by Crippen LogP contribution is 2.39. The Bertz CT molecular complexity index is 531. The molecule has 4 nitrogen and oxygen atoms in total. The standard InChI is InChI=1S/C22H40O4Si/c1-17-15-18(2)21(26-27(7,8)22(3,4)5)19(24-6)13-11-9-10-12-14-20(23)25-16-17/h11,13,15,18-19,21H,9-10,12,14,16H2,1-8H3/b13-11+,17-15-/t18-,19-,21+/m1/s1. The van der Waals surface area contributed by atoms with Gasteiger partial charge in [-0.1, -0.05) is 45.9 Å². The van der Waals surface area contributed by atoms with Crippen molar-refractivity contribution in [3.63, 3.8) is 0 Å². The molecule has 0 fully saturated rings. The zero-order valence-corrected chi connectivity index (χ0v) is 19.6. The molecule has 27 heavy (non-hydrogen) atoms. The number of cyclic esters (lactones) is 1. The van der Waals surface area contributed by atoms with E-state index < -0.39 is 8.32 Å². The third-order valence-corrected chi connectivity index (χ3v) is 10.2. The van der Waals surface area contributed by atoms with Gasteiger partial charge in [-0.25, -0.2) is 0 Å². The number of rotatable bonds is 3. The lowest BCUT2D eigenvalue weighted by molar-refractivity contribution is -0.142.